The third-order valence-electron chi connectivity index (χ3n) is 4.38. The van der Waals surface area contributed by atoms with Gasteiger partial charge in [0.25, 0.3) is 0 Å². The van der Waals surface area contributed by atoms with Crippen LogP contribution in [0.25, 0.3) is 11.1 Å². The summed E-state index contributed by atoms with van der Waals surface area (Å²) in [5, 5.41) is 3.16. The van der Waals surface area contributed by atoms with Gasteiger partial charge in [-0.1, -0.05) is 30.3 Å². The van der Waals surface area contributed by atoms with Gasteiger partial charge in [-0.05, 0) is 53.9 Å². The molecule has 0 unspecified atom stereocenters. The first-order valence-corrected chi connectivity index (χ1v) is 8.39. The van der Waals surface area contributed by atoms with Gasteiger partial charge in [-0.15, -0.1) is 8.78 Å². The maximum Gasteiger partial charge on any atom is 0.586 e. The fourth-order valence-corrected chi connectivity index (χ4v) is 3.02. The van der Waals surface area contributed by atoms with Gasteiger partial charge >= 0.3 is 6.29 Å². The number of rotatable bonds is 4. The molecule has 3 nitrogen and oxygen atoms in total. The topological polar surface area (TPSA) is 30.5 Å². The van der Waals surface area contributed by atoms with Gasteiger partial charge in [-0.25, -0.2) is 4.39 Å². The Labute approximate surface area is 154 Å². The third-order valence-corrected chi connectivity index (χ3v) is 4.38. The fourth-order valence-electron chi connectivity index (χ4n) is 3.02. The molecule has 1 aliphatic rings. The van der Waals surface area contributed by atoms with Crippen molar-refractivity contribution in [2.75, 3.05) is 5.32 Å². The van der Waals surface area contributed by atoms with Crippen LogP contribution in [0.5, 0.6) is 11.5 Å². The molecule has 0 fully saturated rings. The van der Waals surface area contributed by atoms with Crippen molar-refractivity contribution >= 4 is 5.69 Å². The lowest BCUT2D eigenvalue weighted by molar-refractivity contribution is -0.286. The number of aryl methyl sites for hydroxylation is 1. The number of halogens is 3. The van der Waals surface area contributed by atoms with E-state index in [9.17, 15) is 13.2 Å². The predicted molar refractivity (Wildman–Crippen MR) is 96.5 cm³/mol. The number of nitrogens with one attached hydrogen (secondary N) is 1. The Morgan fingerprint density at radius 3 is 2.30 bits per heavy atom. The van der Waals surface area contributed by atoms with E-state index in [1.165, 1.54) is 12.1 Å². The van der Waals surface area contributed by atoms with E-state index in [-0.39, 0.29) is 17.3 Å². The van der Waals surface area contributed by atoms with Crippen LogP contribution in [0, 0.1) is 12.7 Å². The Bertz CT molecular complexity index is 987. The predicted octanol–water partition coefficient (Wildman–Crippen LogP) is 5.73. The first kappa shape index (κ1) is 17.3. The molecular weight excluding hydrogens is 355 g/mol. The molecule has 0 spiro atoms. The van der Waals surface area contributed by atoms with E-state index >= 15 is 0 Å². The summed E-state index contributed by atoms with van der Waals surface area (Å²) in [4.78, 5) is 0. The molecule has 1 aliphatic heterocycles. The lowest BCUT2D eigenvalue weighted by Crippen LogP contribution is -2.25. The summed E-state index contributed by atoms with van der Waals surface area (Å²) in [6.45, 7) is 2.18. The van der Waals surface area contributed by atoms with Gasteiger partial charge in [-0.3, -0.25) is 0 Å². The average molecular weight is 371 g/mol. The maximum absolute atomic E-state index is 13.7. The van der Waals surface area contributed by atoms with E-state index in [1.807, 2.05) is 31.2 Å². The third kappa shape index (κ3) is 3.56. The molecule has 6 heteroatoms. The molecule has 1 N–H and O–H groups in total. The van der Waals surface area contributed by atoms with Gasteiger partial charge in [0, 0.05) is 17.8 Å². The molecule has 0 bridgehead atoms. The number of alkyl halides is 2. The van der Waals surface area contributed by atoms with E-state index in [0.29, 0.717) is 12.1 Å². The van der Waals surface area contributed by atoms with Gasteiger partial charge in [0.15, 0.2) is 11.5 Å². The van der Waals surface area contributed by atoms with Crippen molar-refractivity contribution in [2.24, 2.45) is 0 Å². The van der Waals surface area contributed by atoms with Crippen LogP contribution >= 0.6 is 0 Å². The standard InChI is InChI=1S/C21H16F3NO2/c1-13-10-19-20(27-21(23,24)26-19)11-17(13)14-6-8-16(9-7-14)25-12-15-4-2-3-5-18(15)22/h2-11,25H,12H2,1H3. The molecule has 0 saturated carbocycles. The molecule has 0 atom stereocenters. The summed E-state index contributed by atoms with van der Waals surface area (Å²) in [6.07, 6.45) is -3.63. The number of ether oxygens (including phenoxy) is 2. The Morgan fingerprint density at radius 1 is 0.926 bits per heavy atom. The highest BCUT2D eigenvalue weighted by Crippen LogP contribution is 2.44. The molecule has 0 aliphatic carbocycles. The lowest BCUT2D eigenvalue weighted by Gasteiger charge is -2.10. The summed E-state index contributed by atoms with van der Waals surface area (Å²) in [5.74, 6) is -0.207. The molecule has 0 radical (unpaired) electrons. The van der Waals surface area contributed by atoms with Crippen LogP contribution in [0.2, 0.25) is 0 Å². The van der Waals surface area contributed by atoms with Crippen LogP contribution in [0.15, 0.2) is 60.7 Å². The van der Waals surface area contributed by atoms with Crippen molar-refractivity contribution < 1.29 is 22.6 Å². The Morgan fingerprint density at radius 2 is 1.59 bits per heavy atom. The average Bonchev–Trinajstić information content (AvgIpc) is 2.93. The Hall–Kier alpha value is -3.15. The number of fused-ring (bicyclic) bond motifs is 1. The highest BCUT2D eigenvalue weighted by atomic mass is 19.3. The monoisotopic (exact) mass is 371 g/mol. The first-order valence-electron chi connectivity index (χ1n) is 8.39. The van der Waals surface area contributed by atoms with Gasteiger partial charge < -0.3 is 14.8 Å². The Balaban J connectivity index is 1.52. The molecule has 0 amide bonds. The molecule has 3 aromatic carbocycles. The molecule has 27 heavy (non-hydrogen) atoms. The minimum Gasteiger partial charge on any atom is -0.395 e. The number of hydrogen-bond donors (Lipinski definition) is 1. The van der Waals surface area contributed by atoms with Crippen LogP contribution in [0.4, 0.5) is 18.9 Å². The summed E-state index contributed by atoms with van der Waals surface area (Å²) in [5.41, 5.74) is 3.82. The zero-order chi connectivity index (χ0) is 19.0. The van der Waals surface area contributed by atoms with Crippen LogP contribution in [-0.4, -0.2) is 6.29 Å². The summed E-state index contributed by atoms with van der Waals surface area (Å²) in [6, 6.07) is 17.1. The number of hydrogen-bond acceptors (Lipinski definition) is 3. The molecule has 4 rings (SSSR count). The van der Waals surface area contributed by atoms with E-state index in [1.54, 1.807) is 24.3 Å². The summed E-state index contributed by atoms with van der Waals surface area (Å²) in [7, 11) is 0. The van der Waals surface area contributed by atoms with Crippen molar-refractivity contribution in [2.45, 2.75) is 19.8 Å². The van der Waals surface area contributed by atoms with E-state index in [0.717, 1.165) is 22.4 Å². The van der Waals surface area contributed by atoms with Crippen LogP contribution in [0.3, 0.4) is 0 Å². The maximum atomic E-state index is 13.7. The van der Waals surface area contributed by atoms with Crippen molar-refractivity contribution in [3.05, 3.63) is 77.6 Å². The van der Waals surface area contributed by atoms with E-state index in [4.69, 9.17) is 0 Å². The lowest BCUT2D eigenvalue weighted by atomic mass is 9.99. The molecular formula is C21H16F3NO2. The summed E-state index contributed by atoms with van der Waals surface area (Å²) >= 11 is 0. The molecule has 1 heterocycles. The van der Waals surface area contributed by atoms with Crippen LogP contribution in [0.1, 0.15) is 11.1 Å². The second kappa shape index (κ2) is 6.54. The molecule has 0 aromatic heterocycles. The van der Waals surface area contributed by atoms with Crippen molar-refractivity contribution in [3.63, 3.8) is 0 Å². The van der Waals surface area contributed by atoms with E-state index in [2.05, 4.69) is 14.8 Å². The quantitative estimate of drug-likeness (QED) is 0.635. The minimum absolute atomic E-state index is 0.0161. The summed E-state index contributed by atoms with van der Waals surface area (Å²) < 4.78 is 49.1. The normalized spacial score (nSPS) is 14.2. The van der Waals surface area contributed by atoms with Gasteiger partial charge in [-0.2, -0.15) is 0 Å². The van der Waals surface area contributed by atoms with Crippen molar-refractivity contribution in [1.82, 2.24) is 0 Å². The highest BCUT2D eigenvalue weighted by Gasteiger charge is 2.43. The van der Waals surface area contributed by atoms with Crippen LogP contribution < -0.4 is 14.8 Å². The first-order chi connectivity index (χ1) is 12.9. The fraction of sp³-hybridized carbons (Fsp3) is 0.143. The molecule has 0 saturated heterocycles. The molecule has 3 aromatic rings. The largest absolute Gasteiger partial charge is 0.586 e. The number of benzene rings is 3. The van der Waals surface area contributed by atoms with Gasteiger partial charge in [0.1, 0.15) is 5.82 Å². The second-order valence-electron chi connectivity index (χ2n) is 6.30. The molecule has 138 valence electrons. The second-order valence-corrected chi connectivity index (χ2v) is 6.30. The van der Waals surface area contributed by atoms with E-state index < -0.39 is 6.29 Å². The zero-order valence-electron chi connectivity index (χ0n) is 14.4. The Kier molecular flexibility index (Phi) is 4.18. The highest BCUT2D eigenvalue weighted by molar-refractivity contribution is 5.72. The van der Waals surface area contributed by atoms with Crippen molar-refractivity contribution in [1.29, 1.82) is 0 Å². The zero-order valence-corrected chi connectivity index (χ0v) is 14.4. The van der Waals surface area contributed by atoms with Gasteiger partial charge in [0.05, 0.1) is 0 Å². The van der Waals surface area contributed by atoms with Crippen LogP contribution in [-0.2, 0) is 6.54 Å². The number of anilines is 1. The van der Waals surface area contributed by atoms with Gasteiger partial charge in [0.2, 0.25) is 0 Å². The van der Waals surface area contributed by atoms with Crippen molar-refractivity contribution in [3.8, 4) is 22.6 Å². The SMILES string of the molecule is Cc1cc2c(cc1-c1ccc(NCc3ccccc3F)cc1)OC(F)(F)O2. The smallest absolute Gasteiger partial charge is 0.395 e. The minimum atomic E-state index is -3.63.